The summed E-state index contributed by atoms with van der Waals surface area (Å²) < 4.78 is 19.8. The Balaban J connectivity index is 1.65. The van der Waals surface area contributed by atoms with Gasteiger partial charge < -0.3 is 9.64 Å². The summed E-state index contributed by atoms with van der Waals surface area (Å²) in [5, 5.41) is 0. The third kappa shape index (κ3) is 2.60. The van der Waals surface area contributed by atoms with Crippen LogP contribution in [0.25, 0.3) is 0 Å². The van der Waals surface area contributed by atoms with Crippen molar-refractivity contribution in [2.45, 2.75) is 31.7 Å². The van der Waals surface area contributed by atoms with Crippen molar-refractivity contribution in [1.29, 1.82) is 0 Å². The van der Waals surface area contributed by atoms with Crippen LogP contribution in [-0.4, -0.2) is 11.9 Å². The number of rotatable bonds is 1. The van der Waals surface area contributed by atoms with E-state index in [0.717, 1.165) is 35.2 Å². The summed E-state index contributed by atoms with van der Waals surface area (Å²) >= 11 is 0. The largest absolute Gasteiger partial charge is 0.457 e. The van der Waals surface area contributed by atoms with Crippen molar-refractivity contribution in [2.75, 3.05) is 4.90 Å². The van der Waals surface area contributed by atoms with Crippen LogP contribution in [0.15, 0.2) is 66.7 Å². The Hall–Kier alpha value is -3.14. The van der Waals surface area contributed by atoms with E-state index in [2.05, 4.69) is 6.92 Å². The number of aryl methyl sites for hydroxylation is 1. The molecule has 2 aliphatic rings. The van der Waals surface area contributed by atoms with E-state index in [1.807, 2.05) is 53.4 Å². The molecule has 2 heterocycles. The predicted octanol–water partition coefficient (Wildman–Crippen LogP) is 5.43. The monoisotopic (exact) mass is 373 g/mol. The van der Waals surface area contributed by atoms with Crippen LogP contribution in [-0.2, 0) is 11.2 Å². The normalized spacial score (nSPS) is 17.9. The predicted molar refractivity (Wildman–Crippen MR) is 106 cm³/mol. The lowest BCUT2D eigenvalue weighted by Gasteiger charge is -2.39. The van der Waals surface area contributed by atoms with Gasteiger partial charge in [0, 0.05) is 22.9 Å². The first-order valence-corrected chi connectivity index (χ1v) is 9.60. The third-order valence-corrected chi connectivity index (χ3v) is 5.74. The number of halogens is 1. The lowest BCUT2D eigenvalue weighted by molar-refractivity contribution is -0.119. The van der Waals surface area contributed by atoms with Gasteiger partial charge in [-0.2, -0.15) is 0 Å². The number of carbonyl (C=O) groups excluding carboxylic acids is 1. The van der Waals surface area contributed by atoms with Crippen LogP contribution in [0, 0.1) is 5.82 Å². The molecule has 3 aromatic rings. The van der Waals surface area contributed by atoms with Gasteiger partial charge in [-0.15, -0.1) is 0 Å². The molecule has 3 aromatic carbocycles. The topological polar surface area (TPSA) is 29.5 Å². The number of ether oxygens (including phenoxy) is 1. The Morgan fingerprint density at radius 3 is 2.32 bits per heavy atom. The van der Waals surface area contributed by atoms with Crippen molar-refractivity contribution in [3.8, 4) is 11.5 Å². The molecule has 0 radical (unpaired) electrons. The van der Waals surface area contributed by atoms with E-state index in [9.17, 15) is 9.18 Å². The highest BCUT2D eigenvalue weighted by Gasteiger charge is 2.38. The molecule has 4 heteroatoms. The average molecular weight is 373 g/mol. The number of hydrogen-bond donors (Lipinski definition) is 0. The summed E-state index contributed by atoms with van der Waals surface area (Å²) in [6.45, 7) is 2.06. The van der Waals surface area contributed by atoms with E-state index < -0.39 is 5.92 Å². The van der Waals surface area contributed by atoms with Crippen molar-refractivity contribution in [2.24, 2.45) is 0 Å². The number of carbonyl (C=O) groups is 1. The zero-order chi connectivity index (χ0) is 19.3. The van der Waals surface area contributed by atoms with Crippen LogP contribution >= 0.6 is 0 Å². The van der Waals surface area contributed by atoms with Crippen LogP contribution in [0.2, 0.25) is 0 Å². The molecule has 0 saturated heterocycles. The lowest BCUT2D eigenvalue weighted by atomic mass is 9.85. The maximum Gasteiger partial charge on any atom is 0.239 e. The van der Waals surface area contributed by atoms with Gasteiger partial charge in [-0.1, -0.05) is 36.4 Å². The molecule has 2 aliphatic heterocycles. The van der Waals surface area contributed by atoms with E-state index >= 15 is 0 Å². The molecular weight excluding hydrogens is 353 g/mol. The quantitative estimate of drug-likeness (QED) is 0.569. The molecule has 0 N–H and O–H groups in total. The Kier molecular flexibility index (Phi) is 3.93. The second-order valence-electron chi connectivity index (χ2n) is 7.48. The molecular formula is C24H20FNO2. The maximum atomic E-state index is 13.9. The first kappa shape index (κ1) is 17.0. The molecule has 1 atom stereocenters. The van der Waals surface area contributed by atoms with Gasteiger partial charge in [-0.3, -0.25) is 4.79 Å². The molecule has 140 valence electrons. The summed E-state index contributed by atoms with van der Waals surface area (Å²) in [5.41, 5.74) is 3.44. The van der Waals surface area contributed by atoms with Crippen LogP contribution < -0.4 is 9.64 Å². The molecule has 0 unspecified atom stereocenters. The van der Waals surface area contributed by atoms with E-state index in [0.29, 0.717) is 11.5 Å². The van der Waals surface area contributed by atoms with Gasteiger partial charge >= 0.3 is 0 Å². The Labute approximate surface area is 163 Å². The van der Waals surface area contributed by atoms with E-state index in [1.165, 1.54) is 6.07 Å². The van der Waals surface area contributed by atoms with Crippen LogP contribution in [0.3, 0.4) is 0 Å². The standard InChI is InChI=1S/C24H20FNO2/c1-15-10-11-16-14-17(25)12-13-20(16)26(15)24(27)23-18-6-2-4-8-21(18)28-22-9-5-3-7-19(22)23/h2-9,12-15,23H,10-11H2,1H3/t15-/m0/s1. The van der Waals surface area contributed by atoms with Gasteiger partial charge in [0.1, 0.15) is 17.3 Å². The average Bonchev–Trinajstić information content (AvgIpc) is 2.71. The maximum absolute atomic E-state index is 13.9. The van der Waals surface area contributed by atoms with Crippen molar-refractivity contribution in [3.63, 3.8) is 0 Å². The molecule has 1 amide bonds. The zero-order valence-electron chi connectivity index (χ0n) is 15.6. The van der Waals surface area contributed by atoms with Crippen molar-refractivity contribution >= 4 is 11.6 Å². The molecule has 5 rings (SSSR count). The summed E-state index contributed by atoms with van der Waals surface area (Å²) in [6, 6.07) is 20.1. The molecule has 0 spiro atoms. The number of anilines is 1. The molecule has 28 heavy (non-hydrogen) atoms. The van der Waals surface area contributed by atoms with Gasteiger partial charge in [-0.25, -0.2) is 4.39 Å². The highest BCUT2D eigenvalue weighted by atomic mass is 19.1. The number of amides is 1. The fourth-order valence-corrected chi connectivity index (χ4v) is 4.37. The summed E-state index contributed by atoms with van der Waals surface area (Å²) in [4.78, 5) is 15.8. The van der Waals surface area contributed by atoms with E-state index in [1.54, 1.807) is 12.1 Å². The second-order valence-corrected chi connectivity index (χ2v) is 7.48. The molecule has 0 fully saturated rings. The van der Waals surface area contributed by atoms with Crippen molar-refractivity contribution < 1.29 is 13.9 Å². The molecule has 0 aliphatic carbocycles. The number of hydrogen-bond acceptors (Lipinski definition) is 2. The zero-order valence-corrected chi connectivity index (χ0v) is 15.6. The van der Waals surface area contributed by atoms with Gasteiger partial charge in [0.15, 0.2) is 0 Å². The highest BCUT2D eigenvalue weighted by Crippen LogP contribution is 2.46. The molecule has 0 aromatic heterocycles. The molecule has 0 bridgehead atoms. The fourth-order valence-electron chi connectivity index (χ4n) is 4.37. The number of fused-ring (bicyclic) bond motifs is 3. The van der Waals surface area contributed by atoms with Gasteiger partial charge in [-0.05, 0) is 55.7 Å². The van der Waals surface area contributed by atoms with Crippen LogP contribution in [0.5, 0.6) is 11.5 Å². The second kappa shape index (κ2) is 6.48. The fraction of sp³-hybridized carbons (Fsp3) is 0.208. The number of para-hydroxylation sites is 2. The van der Waals surface area contributed by atoms with Crippen molar-refractivity contribution in [3.05, 3.63) is 89.2 Å². The first-order valence-electron chi connectivity index (χ1n) is 9.60. The van der Waals surface area contributed by atoms with E-state index in [-0.39, 0.29) is 17.8 Å². The molecule has 3 nitrogen and oxygen atoms in total. The third-order valence-electron chi connectivity index (χ3n) is 5.74. The number of benzene rings is 3. The minimum absolute atomic E-state index is 0.00302. The van der Waals surface area contributed by atoms with E-state index in [4.69, 9.17) is 4.74 Å². The van der Waals surface area contributed by atoms with Gasteiger partial charge in [0.2, 0.25) is 5.91 Å². The summed E-state index contributed by atoms with van der Waals surface area (Å²) in [5.74, 6) is 0.720. The Bertz CT molecular complexity index is 1030. The summed E-state index contributed by atoms with van der Waals surface area (Å²) in [7, 11) is 0. The van der Waals surface area contributed by atoms with Gasteiger partial charge in [0.05, 0.1) is 5.92 Å². The van der Waals surface area contributed by atoms with Crippen LogP contribution in [0.1, 0.15) is 36.0 Å². The first-order chi connectivity index (χ1) is 13.6. The minimum Gasteiger partial charge on any atom is -0.457 e. The van der Waals surface area contributed by atoms with Gasteiger partial charge in [0.25, 0.3) is 0 Å². The van der Waals surface area contributed by atoms with Crippen LogP contribution in [0.4, 0.5) is 10.1 Å². The summed E-state index contributed by atoms with van der Waals surface area (Å²) in [6.07, 6.45) is 1.59. The Morgan fingerprint density at radius 2 is 1.64 bits per heavy atom. The SMILES string of the molecule is C[C@H]1CCc2cc(F)ccc2N1C(=O)C1c2ccccc2Oc2ccccc21. The smallest absolute Gasteiger partial charge is 0.239 e. The highest BCUT2D eigenvalue weighted by molar-refractivity contribution is 6.02. The molecule has 0 saturated carbocycles. The lowest BCUT2D eigenvalue weighted by Crippen LogP contribution is -2.45. The number of nitrogens with zero attached hydrogens (tertiary/aromatic N) is 1. The minimum atomic E-state index is -0.445. The Morgan fingerprint density at radius 1 is 1.00 bits per heavy atom. The van der Waals surface area contributed by atoms with Crippen molar-refractivity contribution in [1.82, 2.24) is 0 Å².